The maximum Gasteiger partial charge on any atom is 0.416 e. The summed E-state index contributed by atoms with van der Waals surface area (Å²) in [6, 6.07) is 10.0. The van der Waals surface area contributed by atoms with Crippen LogP contribution in [-0.4, -0.2) is 18.2 Å². The smallest absolute Gasteiger partial charge is 0.267 e. The van der Waals surface area contributed by atoms with Crippen LogP contribution in [0.5, 0.6) is 0 Å². The van der Waals surface area contributed by atoms with Crippen LogP contribution in [-0.2, 0) is 29.8 Å². The van der Waals surface area contributed by atoms with Crippen molar-refractivity contribution in [1.29, 1.82) is 0 Å². The van der Waals surface area contributed by atoms with E-state index in [-0.39, 0.29) is 17.8 Å². The second kappa shape index (κ2) is 6.78. The lowest BCUT2D eigenvalue weighted by molar-refractivity contribution is -0.137. The molecule has 0 saturated carbocycles. The van der Waals surface area contributed by atoms with Crippen LogP contribution in [0.2, 0.25) is 0 Å². The second-order valence-electron chi connectivity index (χ2n) is 5.77. The fourth-order valence-corrected chi connectivity index (χ4v) is 3.63. The normalized spacial score (nSPS) is 12.4. The van der Waals surface area contributed by atoms with Gasteiger partial charge in [-0.2, -0.15) is 18.3 Å². The van der Waals surface area contributed by atoms with Gasteiger partial charge in [0.05, 0.1) is 28.1 Å². The van der Waals surface area contributed by atoms with E-state index in [2.05, 4.69) is 9.82 Å². The van der Waals surface area contributed by atoms with Crippen LogP contribution in [0.1, 0.15) is 11.3 Å². The molecule has 27 heavy (non-hydrogen) atoms. The van der Waals surface area contributed by atoms with Gasteiger partial charge in [-0.15, -0.1) is 0 Å². The standard InChI is InChI=1S/C17H14F3N3O3S/c1-23-16(24)14-8-3-2-7-13(14)15(22-23)10-21-27(25,26)12-6-4-5-11(9-12)17(18,19)20/h2-9,21H,10H2,1H3. The molecule has 3 aromatic rings. The highest BCUT2D eigenvalue weighted by Crippen LogP contribution is 2.30. The molecule has 1 N–H and O–H groups in total. The third kappa shape index (κ3) is 3.86. The molecule has 0 radical (unpaired) electrons. The molecule has 0 aliphatic carbocycles. The number of fused-ring (bicyclic) bond motifs is 1. The predicted molar refractivity (Wildman–Crippen MR) is 92.5 cm³/mol. The van der Waals surface area contributed by atoms with Crippen molar-refractivity contribution in [2.75, 3.05) is 0 Å². The van der Waals surface area contributed by atoms with Crippen molar-refractivity contribution in [2.45, 2.75) is 17.6 Å². The summed E-state index contributed by atoms with van der Waals surface area (Å²) in [6.07, 6.45) is -4.65. The third-order valence-corrected chi connectivity index (χ3v) is 5.33. The molecular formula is C17H14F3N3O3S. The predicted octanol–water partition coefficient (Wildman–Crippen LogP) is 2.43. The van der Waals surface area contributed by atoms with Gasteiger partial charge >= 0.3 is 6.18 Å². The van der Waals surface area contributed by atoms with E-state index in [9.17, 15) is 26.4 Å². The Hall–Kier alpha value is -2.72. The van der Waals surface area contributed by atoms with Crippen molar-refractivity contribution in [3.63, 3.8) is 0 Å². The van der Waals surface area contributed by atoms with Crippen LogP contribution < -0.4 is 10.3 Å². The molecule has 0 bridgehead atoms. The van der Waals surface area contributed by atoms with Crippen molar-refractivity contribution >= 4 is 20.8 Å². The Morgan fingerprint density at radius 1 is 1.07 bits per heavy atom. The van der Waals surface area contributed by atoms with Gasteiger partial charge in [0.15, 0.2) is 0 Å². The number of nitrogens with one attached hydrogen (secondary N) is 1. The Morgan fingerprint density at radius 2 is 1.74 bits per heavy atom. The Kier molecular flexibility index (Phi) is 4.79. The summed E-state index contributed by atoms with van der Waals surface area (Å²) in [5.74, 6) is 0. The fraction of sp³-hybridized carbons (Fsp3) is 0.176. The zero-order valence-corrected chi connectivity index (χ0v) is 14.8. The van der Waals surface area contributed by atoms with Crippen molar-refractivity contribution in [3.8, 4) is 0 Å². The van der Waals surface area contributed by atoms with Gasteiger partial charge in [0.2, 0.25) is 10.0 Å². The number of sulfonamides is 1. The van der Waals surface area contributed by atoms with E-state index in [0.29, 0.717) is 16.8 Å². The summed E-state index contributed by atoms with van der Waals surface area (Å²) in [5, 5.41) is 4.88. The second-order valence-corrected chi connectivity index (χ2v) is 7.54. The molecule has 0 atom stereocenters. The number of rotatable bonds is 4. The maximum absolute atomic E-state index is 12.8. The minimum Gasteiger partial charge on any atom is -0.267 e. The average Bonchev–Trinajstić information content (AvgIpc) is 2.63. The Labute approximate surface area is 152 Å². The lowest BCUT2D eigenvalue weighted by atomic mass is 10.1. The molecule has 0 aliphatic rings. The van der Waals surface area contributed by atoms with Crippen molar-refractivity contribution < 1.29 is 21.6 Å². The topological polar surface area (TPSA) is 81.1 Å². The van der Waals surface area contributed by atoms with Crippen LogP contribution in [0.4, 0.5) is 13.2 Å². The largest absolute Gasteiger partial charge is 0.416 e. The summed E-state index contributed by atoms with van der Waals surface area (Å²) in [5.41, 5.74) is -1.12. The minimum atomic E-state index is -4.65. The van der Waals surface area contributed by atoms with Gasteiger partial charge in [0.25, 0.3) is 5.56 Å². The van der Waals surface area contributed by atoms with Gasteiger partial charge in [-0.25, -0.2) is 17.8 Å². The quantitative estimate of drug-likeness (QED) is 0.733. The van der Waals surface area contributed by atoms with Gasteiger partial charge in [-0.05, 0) is 24.3 Å². The van der Waals surface area contributed by atoms with Crippen molar-refractivity contribution in [3.05, 3.63) is 70.1 Å². The molecule has 0 amide bonds. The fourth-order valence-electron chi connectivity index (χ4n) is 2.59. The number of aromatic nitrogens is 2. The Balaban J connectivity index is 1.94. The number of hydrogen-bond acceptors (Lipinski definition) is 4. The molecule has 0 spiro atoms. The Morgan fingerprint density at radius 3 is 2.41 bits per heavy atom. The highest BCUT2D eigenvalue weighted by molar-refractivity contribution is 7.89. The number of benzene rings is 2. The first-order chi connectivity index (χ1) is 12.6. The van der Waals surface area contributed by atoms with Crippen LogP contribution in [0.3, 0.4) is 0 Å². The van der Waals surface area contributed by atoms with E-state index < -0.39 is 26.7 Å². The van der Waals surface area contributed by atoms with E-state index in [1.807, 2.05) is 0 Å². The molecule has 6 nitrogen and oxygen atoms in total. The molecule has 3 rings (SSSR count). The van der Waals surface area contributed by atoms with Gasteiger partial charge in [0.1, 0.15) is 0 Å². The molecule has 0 fully saturated rings. The molecule has 10 heteroatoms. The zero-order chi connectivity index (χ0) is 19.8. The molecular weight excluding hydrogens is 383 g/mol. The van der Waals surface area contributed by atoms with Gasteiger partial charge in [-0.3, -0.25) is 4.79 Å². The Bertz CT molecular complexity index is 1170. The van der Waals surface area contributed by atoms with Gasteiger partial charge in [-0.1, -0.05) is 24.3 Å². The van der Waals surface area contributed by atoms with Crippen molar-refractivity contribution in [2.24, 2.45) is 7.05 Å². The summed E-state index contributed by atoms with van der Waals surface area (Å²) in [4.78, 5) is 11.6. The number of aryl methyl sites for hydroxylation is 1. The van der Waals surface area contributed by atoms with E-state index in [4.69, 9.17) is 0 Å². The lowest BCUT2D eigenvalue weighted by Gasteiger charge is -2.11. The maximum atomic E-state index is 12.8. The summed E-state index contributed by atoms with van der Waals surface area (Å²) >= 11 is 0. The minimum absolute atomic E-state index is 0.281. The van der Waals surface area contributed by atoms with E-state index in [1.165, 1.54) is 7.05 Å². The SMILES string of the molecule is Cn1nc(CNS(=O)(=O)c2cccc(C(F)(F)F)c2)c2ccccc2c1=O. The molecule has 142 valence electrons. The molecule has 0 saturated heterocycles. The zero-order valence-electron chi connectivity index (χ0n) is 14.0. The molecule has 1 heterocycles. The number of halogens is 3. The average molecular weight is 397 g/mol. The van der Waals surface area contributed by atoms with E-state index >= 15 is 0 Å². The number of hydrogen-bond donors (Lipinski definition) is 1. The monoisotopic (exact) mass is 397 g/mol. The number of nitrogens with zero attached hydrogens (tertiary/aromatic N) is 2. The molecule has 0 unspecified atom stereocenters. The van der Waals surface area contributed by atoms with Gasteiger partial charge < -0.3 is 0 Å². The molecule has 2 aromatic carbocycles. The molecule has 0 aliphatic heterocycles. The van der Waals surface area contributed by atoms with Crippen molar-refractivity contribution in [1.82, 2.24) is 14.5 Å². The van der Waals surface area contributed by atoms with Crippen LogP contribution >= 0.6 is 0 Å². The first-order valence-electron chi connectivity index (χ1n) is 7.71. The van der Waals surface area contributed by atoms with Crippen LogP contribution in [0.25, 0.3) is 10.8 Å². The van der Waals surface area contributed by atoms with E-state index in [0.717, 1.165) is 22.9 Å². The summed E-state index contributed by atoms with van der Waals surface area (Å²) in [7, 11) is -2.78. The lowest BCUT2D eigenvalue weighted by Crippen LogP contribution is -2.27. The first kappa shape index (κ1) is 19.1. The highest BCUT2D eigenvalue weighted by Gasteiger charge is 2.31. The first-order valence-corrected chi connectivity index (χ1v) is 9.20. The van der Waals surface area contributed by atoms with Crippen LogP contribution in [0.15, 0.2) is 58.2 Å². The van der Waals surface area contributed by atoms with E-state index in [1.54, 1.807) is 24.3 Å². The van der Waals surface area contributed by atoms with Crippen LogP contribution in [0, 0.1) is 0 Å². The molecule has 1 aromatic heterocycles. The summed E-state index contributed by atoms with van der Waals surface area (Å²) < 4.78 is 66.5. The van der Waals surface area contributed by atoms with Gasteiger partial charge in [0, 0.05) is 12.4 Å². The third-order valence-electron chi connectivity index (χ3n) is 3.93. The number of alkyl halides is 3. The highest BCUT2D eigenvalue weighted by atomic mass is 32.2. The summed E-state index contributed by atoms with van der Waals surface area (Å²) in [6.45, 7) is -0.285.